The fraction of sp³-hybridized carbons (Fsp3) is 0.533. The van der Waals surface area contributed by atoms with Crippen molar-refractivity contribution in [1.82, 2.24) is 5.32 Å². The van der Waals surface area contributed by atoms with Gasteiger partial charge in [-0.15, -0.1) is 0 Å². The first-order chi connectivity index (χ1) is 9.66. The first-order valence-corrected chi connectivity index (χ1v) is 7.08. The Balaban J connectivity index is 1.80. The Kier molecular flexibility index (Phi) is 5.24. The molecule has 1 aromatic rings. The molecule has 3 N–H and O–H groups in total. The molecule has 5 heteroatoms. The maximum Gasteiger partial charge on any atom is 0.217 e. The Hall–Kier alpha value is -1.75. The SMILES string of the molecule is CC(NCCCCC(N)=O)c1ccc2c(c1)OCCO2. The Labute approximate surface area is 119 Å². The maximum absolute atomic E-state index is 10.6. The first kappa shape index (κ1) is 14.7. The summed E-state index contributed by atoms with van der Waals surface area (Å²) < 4.78 is 11.1. The van der Waals surface area contributed by atoms with Crippen LogP contribution in [0.1, 0.15) is 37.8 Å². The molecule has 0 saturated heterocycles. The number of rotatable bonds is 7. The molecule has 1 atom stereocenters. The van der Waals surface area contributed by atoms with Crippen LogP contribution in [0.2, 0.25) is 0 Å². The van der Waals surface area contributed by atoms with Crippen molar-refractivity contribution < 1.29 is 14.3 Å². The molecule has 2 rings (SSSR count). The van der Waals surface area contributed by atoms with Crippen LogP contribution in [0, 0.1) is 0 Å². The Morgan fingerprint density at radius 3 is 2.80 bits per heavy atom. The van der Waals surface area contributed by atoms with Crippen molar-refractivity contribution >= 4 is 5.91 Å². The molecule has 0 bridgehead atoms. The van der Waals surface area contributed by atoms with Crippen LogP contribution in [0.25, 0.3) is 0 Å². The molecule has 110 valence electrons. The zero-order chi connectivity index (χ0) is 14.4. The number of primary amides is 1. The number of ether oxygens (including phenoxy) is 2. The van der Waals surface area contributed by atoms with Crippen molar-refractivity contribution in [1.29, 1.82) is 0 Å². The van der Waals surface area contributed by atoms with Gasteiger partial charge in [-0.3, -0.25) is 4.79 Å². The Bertz CT molecular complexity index is 462. The quantitative estimate of drug-likeness (QED) is 0.745. The molecular weight excluding hydrogens is 256 g/mol. The standard InChI is InChI=1S/C15H22N2O3/c1-11(17-7-3-2-4-15(16)18)12-5-6-13-14(10-12)20-9-8-19-13/h5-6,10-11,17H,2-4,7-9H2,1H3,(H2,16,18). The van der Waals surface area contributed by atoms with Crippen molar-refractivity contribution in [3.05, 3.63) is 23.8 Å². The largest absolute Gasteiger partial charge is 0.486 e. The van der Waals surface area contributed by atoms with E-state index >= 15 is 0 Å². The maximum atomic E-state index is 10.6. The number of nitrogens with one attached hydrogen (secondary N) is 1. The molecule has 0 aliphatic carbocycles. The molecule has 0 fully saturated rings. The van der Waals surface area contributed by atoms with Crippen LogP contribution in [0.3, 0.4) is 0 Å². The average Bonchev–Trinajstić information content (AvgIpc) is 2.46. The van der Waals surface area contributed by atoms with E-state index in [4.69, 9.17) is 15.2 Å². The van der Waals surface area contributed by atoms with Crippen LogP contribution in [0.5, 0.6) is 11.5 Å². The van der Waals surface area contributed by atoms with Crippen molar-refractivity contribution in [2.75, 3.05) is 19.8 Å². The average molecular weight is 278 g/mol. The zero-order valence-electron chi connectivity index (χ0n) is 11.9. The highest BCUT2D eigenvalue weighted by molar-refractivity contribution is 5.73. The van der Waals surface area contributed by atoms with E-state index in [0.717, 1.165) is 30.9 Å². The third-order valence-corrected chi connectivity index (χ3v) is 3.37. The summed E-state index contributed by atoms with van der Waals surface area (Å²) in [5.41, 5.74) is 6.28. The van der Waals surface area contributed by atoms with Gasteiger partial charge in [0.05, 0.1) is 0 Å². The van der Waals surface area contributed by atoms with Gasteiger partial charge in [-0.2, -0.15) is 0 Å². The number of nitrogens with two attached hydrogens (primary N) is 1. The number of benzene rings is 1. The summed E-state index contributed by atoms with van der Waals surface area (Å²) in [5, 5.41) is 3.43. The molecule has 0 saturated carbocycles. The Morgan fingerprint density at radius 2 is 2.05 bits per heavy atom. The fourth-order valence-corrected chi connectivity index (χ4v) is 2.19. The second-order valence-corrected chi connectivity index (χ2v) is 5.00. The molecule has 0 spiro atoms. The monoisotopic (exact) mass is 278 g/mol. The van der Waals surface area contributed by atoms with Crippen LogP contribution in [-0.4, -0.2) is 25.7 Å². The van der Waals surface area contributed by atoms with E-state index in [-0.39, 0.29) is 11.9 Å². The van der Waals surface area contributed by atoms with Crippen LogP contribution in [0.4, 0.5) is 0 Å². The second kappa shape index (κ2) is 7.14. The molecular formula is C15H22N2O3. The van der Waals surface area contributed by atoms with Gasteiger partial charge in [-0.1, -0.05) is 6.07 Å². The second-order valence-electron chi connectivity index (χ2n) is 5.00. The summed E-state index contributed by atoms with van der Waals surface area (Å²) >= 11 is 0. The number of fused-ring (bicyclic) bond motifs is 1. The van der Waals surface area contributed by atoms with Gasteiger partial charge in [0.2, 0.25) is 5.91 Å². The van der Waals surface area contributed by atoms with E-state index < -0.39 is 0 Å². The summed E-state index contributed by atoms with van der Waals surface area (Å²) in [4.78, 5) is 10.6. The van der Waals surface area contributed by atoms with Gasteiger partial charge in [0.1, 0.15) is 13.2 Å². The fourth-order valence-electron chi connectivity index (χ4n) is 2.19. The van der Waals surface area contributed by atoms with Gasteiger partial charge in [0.25, 0.3) is 0 Å². The smallest absolute Gasteiger partial charge is 0.217 e. The summed E-state index contributed by atoms with van der Waals surface area (Å²) in [6.07, 6.45) is 2.23. The lowest BCUT2D eigenvalue weighted by Crippen LogP contribution is -2.21. The predicted octanol–water partition coefficient (Wildman–Crippen LogP) is 1.76. The van der Waals surface area contributed by atoms with Crippen molar-refractivity contribution in [2.45, 2.75) is 32.2 Å². The number of unbranched alkanes of at least 4 members (excludes halogenated alkanes) is 1. The van der Waals surface area contributed by atoms with Crippen molar-refractivity contribution in [2.24, 2.45) is 5.73 Å². The van der Waals surface area contributed by atoms with Crippen molar-refractivity contribution in [3.63, 3.8) is 0 Å². The molecule has 1 unspecified atom stereocenters. The predicted molar refractivity (Wildman–Crippen MR) is 76.9 cm³/mol. The van der Waals surface area contributed by atoms with E-state index in [1.54, 1.807) is 0 Å². The number of carbonyl (C=O) groups is 1. The molecule has 1 aromatic carbocycles. The lowest BCUT2D eigenvalue weighted by molar-refractivity contribution is -0.118. The number of hydrogen-bond donors (Lipinski definition) is 2. The van der Waals surface area contributed by atoms with Crippen LogP contribution in [0.15, 0.2) is 18.2 Å². The minimum atomic E-state index is -0.232. The lowest BCUT2D eigenvalue weighted by Gasteiger charge is -2.21. The van der Waals surface area contributed by atoms with Gasteiger partial charge in [0, 0.05) is 12.5 Å². The molecule has 0 aromatic heterocycles. The van der Waals surface area contributed by atoms with Gasteiger partial charge >= 0.3 is 0 Å². The highest BCUT2D eigenvalue weighted by Crippen LogP contribution is 2.32. The molecule has 5 nitrogen and oxygen atoms in total. The van der Waals surface area contributed by atoms with E-state index in [1.165, 1.54) is 5.56 Å². The van der Waals surface area contributed by atoms with E-state index in [2.05, 4.69) is 18.3 Å². The summed E-state index contributed by atoms with van der Waals surface area (Å²) in [7, 11) is 0. The minimum Gasteiger partial charge on any atom is -0.486 e. The summed E-state index contributed by atoms with van der Waals surface area (Å²) in [6, 6.07) is 6.26. The number of hydrogen-bond acceptors (Lipinski definition) is 4. The molecule has 1 amide bonds. The Morgan fingerprint density at radius 1 is 1.30 bits per heavy atom. The van der Waals surface area contributed by atoms with E-state index in [1.807, 2.05) is 12.1 Å². The molecule has 0 radical (unpaired) electrons. The minimum absolute atomic E-state index is 0.232. The van der Waals surface area contributed by atoms with Gasteiger partial charge in [-0.05, 0) is 44.0 Å². The molecule has 1 heterocycles. The highest BCUT2D eigenvalue weighted by atomic mass is 16.6. The summed E-state index contributed by atoms with van der Waals surface area (Å²) in [6.45, 7) is 4.19. The number of amides is 1. The molecule has 1 aliphatic rings. The summed E-state index contributed by atoms with van der Waals surface area (Å²) in [5.74, 6) is 1.40. The van der Waals surface area contributed by atoms with Crippen LogP contribution < -0.4 is 20.5 Å². The zero-order valence-corrected chi connectivity index (χ0v) is 11.9. The van der Waals surface area contributed by atoms with Gasteiger partial charge in [-0.25, -0.2) is 0 Å². The lowest BCUT2D eigenvalue weighted by atomic mass is 10.1. The van der Waals surface area contributed by atoms with E-state index in [0.29, 0.717) is 19.6 Å². The molecule has 20 heavy (non-hydrogen) atoms. The van der Waals surface area contributed by atoms with Gasteiger partial charge < -0.3 is 20.5 Å². The van der Waals surface area contributed by atoms with Crippen LogP contribution >= 0.6 is 0 Å². The van der Waals surface area contributed by atoms with Crippen LogP contribution in [-0.2, 0) is 4.79 Å². The van der Waals surface area contributed by atoms with E-state index in [9.17, 15) is 4.79 Å². The third kappa shape index (κ3) is 4.13. The first-order valence-electron chi connectivity index (χ1n) is 7.08. The highest BCUT2D eigenvalue weighted by Gasteiger charge is 2.14. The topological polar surface area (TPSA) is 73.6 Å². The normalized spacial score (nSPS) is 14.8. The van der Waals surface area contributed by atoms with Crippen molar-refractivity contribution in [3.8, 4) is 11.5 Å². The molecule has 1 aliphatic heterocycles. The number of carbonyl (C=O) groups excluding carboxylic acids is 1. The third-order valence-electron chi connectivity index (χ3n) is 3.37. The van der Waals surface area contributed by atoms with Gasteiger partial charge in [0.15, 0.2) is 11.5 Å².